The summed E-state index contributed by atoms with van der Waals surface area (Å²) in [6.07, 6.45) is 1.64. The predicted octanol–water partition coefficient (Wildman–Crippen LogP) is 2.90. The number of benzene rings is 1. The average Bonchev–Trinajstić information content (AvgIpc) is 2.80. The van der Waals surface area contributed by atoms with Gasteiger partial charge in [0.2, 0.25) is 0 Å². The summed E-state index contributed by atoms with van der Waals surface area (Å²) in [6, 6.07) is 17.2. The summed E-state index contributed by atoms with van der Waals surface area (Å²) < 4.78 is 5.47. The number of aromatic nitrogens is 3. The van der Waals surface area contributed by atoms with Crippen molar-refractivity contribution in [2.75, 3.05) is 37.7 Å². The summed E-state index contributed by atoms with van der Waals surface area (Å²) in [5.74, 6) is 1.64. The van der Waals surface area contributed by atoms with Gasteiger partial charge in [0.25, 0.3) is 5.91 Å². The van der Waals surface area contributed by atoms with Crippen molar-refractivity contribution >= 4 is 11.7 Å². The zero-order valence-electron chi connectivity index (χ0n) is 16.4. The van der Waals surface area contributed by atoms with E-state index in [1.54, 1.807) is 12.3 Å². The van der Waals surface area contributed by atoms with Gasteiger partial charge in [0, 0.05) is 37.9 Å². The summed E-state index contributed by atoms with van der Waals surface area (Å²) in [6.45, 7) is 5.32. The molecule has 0 spiro atoms. The molecule has 2 aromatic heterocycles. The quantitative estimate of drug-likeness (QED) is 0.668. The van der Waals surface area contributed by atoms with Crippen molar-refractivity contribution in [2.24, 2.45) is 0 Å². The van der Waals surface area contributed by atoms with Crippen molar-refractivity contribution in [3.8, 4) is 17.0 Å². The van der Waals surface area contributed by atoms with Crippen LogP contribution in [0.2, 0.25) is 0 Å². The second kappa shape index (κ2) is 8.68. The van der Waals surface area contributed by atoms with Gasteiger partial charge in [-0.2, -0.15) is 0 Å². The standard InChI is InChI=1S/C22H23N5O2/c1-2-29-18-8-6-17(7-9-18)19-10-11-21(25-24-19)26-13-15-27(16-14-26)22(28)20-5-3-4-12-23-20/h3-12H,2,13-16H2,1H3. The first-order valence-electron chi connectivity index (χ1n) is 9.77. The number of rotatable bonds is 5. The van der Waals surface area contributed by atoms with E-state index in [1.807, 2.05) is 60.4 Å². The average molecular weight is 389 g/mol. The van der Waals surface area contributed by atoms with Crippen molar-refractivity contribution in [1.82, 2.24) is 20.1 Å². The molecule has 1 saturated heterocycles. The van der Waals surface area contributed by atoms with Crippen molar-refractivity contribution in [2.45, 2.75) is 6.92 Å². The summed E-state index contributed by atoms with van der Waals surface area (Å²) >= 11 is 0. The number of piperazine rings is 1. The molecule has 1 aromatic carbocycles. The molecule has 148 valence electrons. The largest absolute Gasteiger partial charge is 0.494 e. The number of pyridine rings is 1. The lowest BCUT2D eigenvalue weighted by atomic mass is 10.1. The molecule has 0 aliphatic carbocycles. The lowest BCUT2D eigenvalue weighted by Gasteiger charge is -2.35. The number of nitrogens with zero attached hydrogens (tertiary/aromatic N) is 5. The molecule has 0 unspecified atom stereocenters. The first kappa shape index (κ1) is 18.9. The molecule has 0 radical (unpaired) electrons. The fourth-order valence-electron chi connectivity index (χ4n) is 3.33. The fraction of sp³-hybridized carbons (Fsp3) is 0.273. The maximum atomic E-state index is 12.5. The number of hydrogen-bond donors (Lipinski definition) is 0. The van der Waals surface area contributed by atoms with Gasteiger partial charge in [0.15, 0.2) is 5.82 Å². The zero-order chi connectivity index (χ0) is 20.1. The minimum Gasteiger partial charge on any atom is -0.494 e. The number of hydrogen-bond acceptors (Lipinski definition) is 6. The smallest absolute Gasteiger partial charge is 0.272 e. The Morgan fingerprint density at radius 1 is 0.966 bits per heavy atom. The Balaban J connectivity index is 1.37. The molecule has 0 saturated carbocycles. The first-order chi connectivity index (χ1) is 14.2. The minimum atomic E-state index is -0.0258. The maximum Gasteiger partial charge on any atom is 0.272 e. The van der Waals surface area contributed by atoms with Crippen LogP contribution in [0, 0.1) is 0 Å². The molecule has 0 atom stereocenters. The number of carbonyl (C=O) groups is 1. The van der Waals surface area contributed by atoms with Crippen molar-refractivity contribution in [1.29, 1.82) is 0 Å². The minimum absolute atomic E-state index is 0.0258. The Kier molecular flexibility index (Phi) is 5.65. The van der Waals surface area contributed by atoms with E-state index in [0.29, 0.717) is 25.4 Å². The normalized spacial score (nSPS) is 14.0. The molecule has 1 fully saturated rings. The van der Waals surface area contributed by atoms with Gasteiger partial charge in [-0.05, 0) is 55.5 Å². The monoisotopic (exact) mass is 389 g/mol. The number of amides is 1. The summed E-state index contributed by atoms with van der Waals surface area (Å²) in [5, 5.41) is 8.77. The summed E-state index contributed by atoms with van der Waals surface area (Å²) in [4.78, 5) is 20.7. The SMILES string of the molecule is CCOc1ccc(-c2ccc(N3CCN(C(=O)c4ccccn4)CC3)nn2)cc1. The van der Waals surface area contributed by atoms with Gasteiger partial charge in [0.1, 0.15) is 11.4 Å². The molecule has 1 amide bonds. The lowest BCUT2D eigenvalue weighted by Crippen LogP contribution is -2.49. The lowest BCUT2D eigenvalue weighted by molar-refractivity contribution is 0.0740. The molecular weight excluding hydrogens is 366 g/mol. The Morgan fingerprint density at radius 3 is 2.38 bits per heavy atom. The predicted molar refractivity (Wildman–Crippen MR) is 111 cm³/mol. The molecule has 0 N–H and O–H groups in total. The second-order valence-corrected chi connectivity index (χ2v) is 6.73. The van der Waals surface area contributed by atoms with E-state index < -0.39 is 0 Å². The Hall–Kier alpha value is -3.48. The van der Waals surface area contributed by atoms with Crippen LogP contribution in [0.3, 0.4) is 0 Å². The van der Waals surface area contributed by atoms with E-state index in [1.165, 1.54) is 0 Å². The third-order valence-corrected chi connectivity index (χ3v) is 4.89. The second-order valence-electron chi connectivity index (χ2n) is 6.73. The van der Waals surface area contributed by atoms with Crippen LogP contribution in [0.25, 0.3) is 11.3 Å². The van der Waals surface area contributed by atoms with E-state index in [-0.39, 0.29) is 5.91 Å². The third-order valence-electron chi connectivity index (χ3n) is 4.89. The summed E-state index contributed by atoms with van der Waals surface area (Å²) in [7, 11) is 0. The molecule has 7 heteroatoms. The molecule has 3 heterocycles. The van der Waals surface area contributed by atoms with Crippen LogP contribution < -0.4 is 9.64 Å². The van der Waals surface area contributed by atoms with E-state index in [4.69, 9.17) is 4.74 Å². The van der Waals surface area contributed by atoms with E-state index >= 15 is 0 Å². The molecule has 4 rings (SSSR count). The first-order valence-corrected chi connectivity index (χ1v) is 9.77. The number of anilines is 1. The van der Waals surface area contributed by atoms with Crippen LogP contribution >= 0.6 is 0 Å². The van der Waals surface area contributed by atoms with Gasteiger partial charge in [-0.15, -0.1) is 10.2 Å². The summed E-state index contributed by atoms with van der Waals surface area (Å²) in [5.41, 5.74) is 2.31. The van der Waals surface area contributed by atoms with Crippen LogP contribution in [0.15, 0.2) is 60.8 Å². The van der Waals surface area contributed by atoms with Crippen molar-refractivity contribution in [3.05, 3.63) is 66.5 Å². The molecule has 3 aromatic rings. The van der Waals surface area contributed by atoms with E-state index in [9.17, 15) is 4.79 Å². The van der Waals surface area contributed by atoms with Gasteiger partial charge in [-0.1, -0.05) is 6.07 Å². The number of ether oxygens (including phenoxy) is 1. The highest BCUT2D eigenvalue weighted by molar-refractivity contribution is 5.92. The maximum absolute atomic E-state index is 12.5. The topological polar surface area (TPSA) is 71.5 Å². The van der Waals surface area contributed by atoms with E-state index in [0.717, 1.165) is 35.9 Å². The van der Waals surface area contributed by atoms with Gasteiger partial charge in [-0.3, -0.25) is 9.78 Å². The molecule has 1 aliphatic heterocycles. The van der Waals surface area contributed by atoms with Crippen LogP contribution in [-0.4, -0.2) is 58.8 Å². The van der Waals surface area contributed by atoms with Crippen LogP contribution in [0.5, 0.6) is 5.75 Å². The van der Waals surface area contributed by atoms with Gasteiger partial charge < -0.3 is 14.5 Å². The van der Waals surface area contributed by atoms with E-state index in [2.05, 4.69) is 20.1 Å². The Morgan fingerprint density at radius 2 is 1.76 bits per heavy atom. The fourth-order valence-corrected chi connectivity index (χ4v) is 3.33. The zero-order valence-corrected chi connectivity index (χ0v) is 16.4. The van der Waals surface area contributed by atoms with Crippen LogP contribution in [-0.2, 0) is 0 Å². The molecule has 7 nitrogen and oxygen atoms in total. The van der Waals surface area contributed by atoms with Gasteiger partial charge >= 0.3 is 0 Å². The third kappa shape index (κ3) is 4.34. The van der Waals surface area contributed by atoms with Gasteiger partial charge in [0.05, 0.1) is 12.3 Å². The highest BCUT2D eigenvalue weighted by Crippen LogP contribution is 2.22. The molecular formula is C22H23N5O2. The highest BCUT2D eigenvalue weighted by atomic mass is 16.5. The van der Waals surface area contributed by atoms with Gasteiger partial charge in [-0.25, -0.2) is 0 Å². The molecule has 0 bridgehead atoms. The van der Waals surface area contributed by atoms with Crippen molar-refractivity contribution in [3.63, 3.8) is 0 Å². The van der Waals surface area contributed by atoms with Crippen LogP contribution in [0.1, 0.15) is 17.4 Å². The molecule has 1 aliphatic rings. The highest BCUT2D eigenvalue weighted by Gasteiger charge is 2.23. The van der Waals surface area contributed by atoms with Crippen molar-refractivity contribution < 1.29 is 9.53 Å². The molecule has 29 heavy (non-hydrogen) atoms. The Bertz CT molecular complexity index is 937. The Labute approximate surface area is 170 Å². The van der Waals surface area contributed by atoms with Crippen LogP contribution in [0.4, 0.5) is 5.82 Å². The number of carbonyl (C=O) groups excluding carboxylic acids is 1.